The molecule has 0 aromatic rings. The van der Waals surface area contributed by atoms with Crippen molar-refractivity contribution in [3.05, 3.63) is 0 Å². The van der Waals surface area contributed by atoms with Gasteiger partial charge in [-0.25, -0.2) is 21.1 Å². The van der Waals surface area contributed by atoms with Crippen molar-refractivity contribution in [2.75, 3.05) is 25.6 Å². The third kappa shape index (κ3) is 3.41. The van der Waals surface area contributed by atoms with Gasteiger partial charge < -0.3 is 5.11 Å². The molecule has 1 fully saturated rings. The molecule has 1 atom stereocenters. The highest BCUT2D eigenvalue weighted by Gasteiger charge is 2.33. The van der Waals surface area contributed by atoms with Gasteiger partial charge in [0.25, 0.3) is 0 Å². The summed E-state index contributed by atoms with van der Waals surface area (Å²) < 4.78 is 46.0. The minimum Gasteiger partial charge on any atom is -0.377 e. The van der Waals surface area contributed by atoms with E-state index in [-0.39, 0.29) is 19.0 Å². The zero-order valence-electron chi connectivity index (χ0n) is 9.33. The van der Waals surface area contributed by atoms with Crippen LogP contribution in [0.2, 0.25) is 0 Å². The van der Waals surface area contributed by atoms with Crippen LogP contribution in [0, 0.1) is 5.92 Å². The molecule has 0 saturated carbocycles. The lowest BCUT2D eigenvalue weighted by molar-refractivity contribution is 0.136. The Morgan fingerprint density at radius 2 is 1.56 bits per heavy atom. The predicted octanol–water partition coefficient (Wildman–Crippen LogP) is -0.979. The van der Waals surface area contributed by atoms with Crippen molar-refractivity contribution in [3.63, 3.8) is 0 Å². The highest BCUT2D eigenvalue weighted by molar-refractivity contribution is 7.91. The van der Waals surface area contributed by atoms with Crippen LogP contribution in [-0.4, -0.2) is 57.3 Å². The summed E-state index contributed by atoms with van der Waals surface area (Å²) in [5, 5.41) is 9.54. The molecule has 0 aromatic heterocycles. The van der Waals surface area contributed by atoms with Crippen LogP contribution in [0.4, 0.5) is 0 Å². The van der Waals surface area contributed by atoms with E-state index in [1.54, 1.807) is 0 Å². The highest BCUT2D eigenvalue weighted by atomic mass is 32.2. The number of rotatable bonds is 3. The number of piperidine rings is 1. The van der Waals surface area contributed by atoms with Crippen LogP contribution >= 0.6 is 0 Å². The first kappa shape index (κ1) is 13.9. The first-order chi connectivity index (χ1) is 7.12. The van der Waals surface area contributed by atoms with Crippen LogP contribution in [0.25, 0.3) is 0 Å². The molecule has 6 nitrogen and oxygen atoms in total. The Bertz CT molecular complexity index is 433. The Balaban J connectivity index is 2.63. The summed E-state index contributed by atoms with van der Waals surface area (Å²) in [7, 11) is -6.68. The third-order valence-corrected chi connectivity index (χ3v) is 5.37. The zero-order chi connectivity index (χ0) is 12.6. The number of hydrogen-bond donors (Lipinski definition) is 1. The largest absolute Gasteiger partial charge is 0.377 e. The lowest BCUT2D eigenvalue weighted by atomic mass is 9.99. The molecule has 1 rings (SSSR count). The van der Waals surface area contributed by atoms with Crippen LogP contribution in [-0.2, 0) is 19.9 Å². The van der Waals surface area contributed by atoms with Crippen LogP contribution in [0.3, 0.4) is 0 Å². The van der Waals surface area contributed by atoms with E-state index in [2.05, 4.69) is 0 Å². The number of aliphatic hydroxyl groups is 1. The average Bonchev–Trinajstić information content (AvgIpc) is 2.14. The van der Waals surface area contributed by atoms with E-state index in [1.807, 2.05) is 0 Å². The van der Waals surface area contributed by atoms with Crippen molar-refractivity contribution in [3.8, 4) is 0 Å². The van der Waals surface area contributed by atoms with Gasteiger partial charge in [0.2, 0.25) is 10.0 Å². The number of hydrogen-bond acceptors (Lipinski definition) is 5. The molecule has 0 aromatic carbocycles. The molecule has 96 valence electrons. The standard InChI is InChI=1S/C8H17NO5S2/c1-15(11,12)8(10)7-3-5-9(6-4-7)16(2,13)14/h7-8,10H,3-6H2,1-2H3. The predicted molar refractivity (Wildman–Crippen MR) is 60.0 cm³/mol. The molecular formula is C8H17NO5S2. The summed E-state index contributed by atoms with van der Waals surface area (Å²) in [6.07, 6.45) is 2.86. The first-order valence-corrected chi connectivity index (χ1v) is 8.74. The molecule has 1 N–H and O–H groups in total. The average molecular weight is 271 g/mol. The minimum atomic E-state index is -3.47. The Labute approximate surface area is 96.2 Å². The second-order valence-electron chi connectivity index (χ2n) is 4.22. The van der Waals surface area contributed by atoms with E-state index < -0.39 is 25.3 Å². The van der Waals surface area contributed by atoms with Crippen LogP contribution < -0.4 is 0 Å². The number of nitrogens with zero attached hydrogens (tertiary/aromatic N) is 1. The number of aliphatic hydroxyl groups excluding tert-OH is 1. The Morgan fingerprint density at radius 1 is 1.12 bits per heavy atom. The van der Waals surface area contributed by atoms with Gasteiger partial charge in [-0.15, -0.1) is 0 Å². The Kier molecular flexibility index (Phi) is 3.99. The molecule has 1 aliphatic rings. The first-order valence-electron chi connectivity index (χ1n) is 4.94. The van der Waals surface area contributed by atoms with Gasteiger partial charge >= 0.3 is 0 Å². The fraction of sp³-hybridized carbons (Fsp3) is 1.00. The van der Waals surface area contributed by atoms with Gasteiger partial charge in [-0.2, -0.15) is 0 Å². The SMILES string of the molecule is CS(=O)(=O)C(O)C1CCN(S(C)(=O)=O)CC1. The molecule has 16 heavy (non-hydrogen) atoms. The smallest absolute Gasteiger partial charge is 0.211 e. The van der Waals surface area contributed by atoms with Crippen LogP contribution in [0.5, 0.6) is 0 Å². The van der Waals surface area contributed by atoms with Crippen LogP contribution in [0.15, 0.2) is 0 Å². The van der Waals surface area contributed by atoms with Gasteiger partial charge in [0.1, 0.15) is 0 Å². The molecule has 0 radical (unpaired) electrons. The second kappa shape index (κ2) is 4.59. The van der Waals surface area contributed by atoms with Gasteiger partial charge in [-0.3, -0.25) is 0 Å². The molecule has 8 heteroatoms. The molecule has 1 unspecified atom stereocenters. The fourth-order valence-electron chi connectivity index (χ4n) is 1.84. The van der Waals surface area contributed by atoms with Crippen molar-refractivity contribution in [1.82, 2.24) is 4.31 Å². The van der Waals surface area contributed by atoms with Crippen molar-refractivity contribution in [2.24, 2.45) is 5.92 Å². The second-order valence-corrected chi connectivity index (χ2v) is 8.34. The summed E-state index contributed by atoms with van der Waals surface area (Å²) >= 11 is 0. The fourth-order valence-corrected chi connectivity index (χ4v) is 3.69. The third-order valence-electron chi connectivity index (χ3n) is 2.81. The Morgan fingerprint density at radius 3 is 1.88 bits per heavy atom. The van der Waals surface area contributed by atoms with Gasteiger partial charge in [0.15, 0.2) is 15.3 Å². The summed E-state index contributed by atoms with van der Waals surface area (Å²) in [6.45, 7) is 0.548. The van der Waals surface area contributed by atoms with Gasteiger partial charge in [-0.1, -0.05) is 0 Å². The van der Waals surface area contributed by atoms with Crippen molar-refractivity contribution >= 4 is 19.9 Å². The van der Waals surface area contributed by atoms with Crippen LogP contribution in [0.1, 0.15) is 12.8 Å². The van der Waals surface area contributed by atoms with Gasteiger partial charge in [0, 0.05) is 25.3 Å². The monoisotopic (exact) mass is 271 g/mol. The van der Waals surface area contributed by atoms with Crippen molar-refractivity contribution < 1.29 is 21.9 Å². The molecule has 0 amide bonds. The number of sulfone groups is 1. The summed E-state index contributed by atoms with van der Waals surface area (Å²) in [4.78, 5) is 0. The molecular weight excluding hydrogens is 254 g/mol. The molecule has 0 spiro atoms. The van der Waals surface area contributed by atoms with E-state index in [0.717, 1.165) is 12.5 Å². The summed E-state index contributed by atoms with van der Waals surface area (Å²) in [5.74, 6) is -0.368. The van der Waals surface area contributed by atoms with E-state index in [9.17, 15) is 21.9 Å². The van der Waals surface area contributed by atoms with Gasteiger partial charge in [-0.05, 0) is 12.8 Å². The summed E-state index contributed by atoms with van der Waals surface area (Å²) in [5.41, 5.74) is -1.38. The lowest BCUT2D eigenvalue weighted by Gasteiger charge is -2.31. The molecule has 1 saturated heterocycles. The van der Waals surface area contributed by atoms with E-state index in [4.69, 9.17) is 0 Å². The molecule has 0 aliphatic carbocycles. The van der Waals surface area contributed by atoms with E-state index >= 15 is 0 Å². The van der Waals surface area contributed by atoms with E-state index in [0.29, 0.717) is 12.8 Å². The molecule has 0 bridgehead atoms. The molecule has 1 heterocycles. The molecule has 1 aliphatic heterocycles. The van der Waals surface area contributed by atoms with Crippen molar-refractivity contribution in [1.29, 1.82) is 0 Å². The maximum Gasteiger partial charge on any atom is 0.211 e. The number of sulfonamides is 1. The van der Waals surface area contributed by atoms with Crippen molar-refractivity contribution in [2.45, 2.75) is 18.3 Å². The van der Waals surface area contributed by atoms with E-state index in [1.165, 1.54) is 4.31 Å². The zero-order valence-corrected chi connectivity index (χ0v) is 11.0. The maximum atomic E-state index is 11.2. The topological polar surface area (TPSA) is 91.8 Å². The minimum absolute atomic E-state index is 0.274. The normalized spacial score (nSPS) is 23.2. The Hall–Kier alpha value is -0.180. The quantitative estimate of drug-likeness (QED) is 0.712. The summed E-state index contributed by atoms with van der Waals surface area (Å²) in [6, 6.07) is 0. The lowest BCUT2D eigenvalue weighted by Crippen LogP contribution is -2.42. The highest BCUT2D eigenvalue weighted by Crippen LogP contribution is 2.24. The van der Waals surface area contributed by atoms with Gasteiger partial charge in [0.05, 0.1) is 6.26 Å². The maximum absolute atomic E-state index is 11.2.